The zero-order chi connectivity index (χ0) is 22.6. The first-order valence-electron chi connectivity index (χ1n) is 9.00. The van der Waals surface area contributed by atoms with Crippen LogP contribution in [0.15, 0.2) is 53.6 Å². The van der Waals surface area contributed by atoms with Gasteiger partial charge in [0.2, 0.25) is 0 Å². The van der Waals surface area contributed by atoms with Crippen molar-refractivity contribution in [3.63, 3.8) is 0 Å². The largest absolute Gasteiger partial charge is 0.497 e. The second-order valence-electron chi connectivity index (χ2n) is 6.41. The first kappa shape index (κ1) is 22.4. The molecule has 0 saturated carbocycles. The van der Waals surface area contributed by atoms with Crippen LogP contribution in [0.1, 0.15) is 5.56 Å². The van der Waals surface area contributed by atoms with Crippen LogP contribution in [-0.4, -0.2) is 42.1 Å². The van der Waals surface area contributed by atoms with Crippen molar-refractivity contribution in [2.75, 3.05) is 32.2 Å². The third-order valence-corrected chi connectivity index (χ3v) is 4.71. The predicted molar refractivity (Wildman–Crippen MR) is 109 cm³/mol. The summed E-state index contributed by atoms with van der Waals surface area (Å²) >= 11 is 6.20. The lowest BCUT2D eigenvalue weighted by molar-refractivity contribution is -0.137. The number of hydrogen-bond acceptors (Lipinski definition) is 6. The molecule has 0 saturated heterocycles. The van der Waals surface area contributed by atoms with E-state index in [9.17, 15) is 18.0 Å². The third kappa shape index (κ3) is 5.26. The molecule has 164 valence electrons. The van der Waals surface area contributed by atoms with Gasteiger partial charge >= 0.3 is 6.18 Å². The lowest BCUT2D eigenvalue weighted by Gasteiger charge is -2.20. The number of nitrogens with zero attached hydrogens (tertiary/aromatic N) is 4. The first-order valence-corrected chi connectivity index (χ1v) is 9.38. The highest BCUT2D eigenvalue weighted by atomic mass is 35.5. The number of methoxy groups -OCH3 is 1. The van der Waals surface area contributed by atoms with Crippen LogP contribution >= 0.6 is 11.6 Å². The van der Waals surface area contributed by atoms with Crippen LogP contribution in [0.5, 0.6) is 11.5 Å². The Morgan fingerprint density at radius 2 is 1.77 bits per heavy atom. The van der Waals surface area contributed by atoms with Gasteiger partial charge in [-0.25, -0.2) is 4.98 Å². The van der Waals surface area contributed by atoms with Gasteiger partial charge in [0.1, 0.15) is 23.1 Å². The zero-order valence-corrected chi connectivity index (χ0v) is 17.3. The molecule has 0 aliphatic carbocycles. The van der Waals surface area contributed by atoms with E-state index >= 15 is 0 Å². The number of alkyl halides is 3. The van der Waals surface area contributed by atoms with Gasteiger partial charge in [0.05, 0.1) is 31.1 Å². The molecule has 0 aliphatic rings. The predicted octanol–water partition coefficient (Wildman–Crippen LogP) is 3.82. The van der Waals surface area contributed by atoms with Crippen LogP contribution in [0, 0.1) is 0 Å². The lowest BCUT2D eigenvalue weighted by Crippen LogP contribution is -2.29. The minimum atomic E-state index is -4.53. The monoisotopic (exact) mass is 454 g/mol. The Balaban J connectivity index is 1.69. The molecular formula is C20H18ClF3N4O3. The fourth-order valence-corrected chi connectivity index (χ4v) is 2.90. The molecule has 0 atom stereocenters. The normalized spacial score (nSPS) is 11.3. The molecule has 3 aromatic rings. The maximum absolute atomic E-state index is 12.7. The summed E-state index contributed by atoms with van der Waals surface area (Å²) in [6.07, 6.45) is -2.55. The Morgan fingerprint density at radius 1 is 1.10 bits per heavy atom. The average Bonchev–Trinajstić information content (AvgIpc) is 2.75. The van der Waals surface area contributed by atoms with Crippen LogP contribution in [0.4, 0.5) is 18.9 Å². The Labute approximate surface area is 180 Å². The summed E-state index contributed by atoms with van der Waals surface area (Å²) in [5, 5.41) is 3.85. The molecule has 0 aliphatic heterocycles. The van der Waals surface area contributed by atoms with E-state index in [0.717, 1.165) is 16.8 Å². The van der Waals surface area contributed by atoms with E-state index in [1.165, 1.54) is 6.20 Å². The quantitative estimate of drug-likeness (QED) is 0.540. The van der Waals surface area contributed by atoms with Crippen LogP contribution in [0.3, 0.4) is 0 Å². The molecule has 0 amide bonds. The zero-order valence-electron chi connectivity index (χ0n) is 16.6. The van der Waals surface area contributed by atoms with E-state index in [-0.39, 0.29) is 10.8 Å². The van der Waals surface area contributed by atoms with Crippen molar-refractivity contribution in [1.29, 1.82) is 0 Å². The molecule has 0 fully saturated rings. The third-order valence-electron chi connectivity index (χ3n) is 4.36. The summed E-state index contributed by atoms with van der Waals surface area (Å²) in [7, 11) is 3.28. The van der Waals surface area contributed by atoms with E-state index in [0.29, 0.717) is 36.5 Å². The molecule has 1 aromatic carbocycles. The van der Waals surface area contributed by atoms with Crippen LogP contribution in [-0.2, 0) is 6.18 Å². The molecule has 11 heteroatoms. The van der Waals surface area contributed by atoms with Gasteiger partial charge < -0.3 is 14.4 Å². The van der Waals surface area contributed by atoms with Gasteiger partial charge in [-0.05, 0) is 36.4 Å². The summed E-state index contributed by atoms with van der Waals surface area (Å²) < 4.78 is 49.6. The molecular weight excluding hydrogens is 437 g/mol. The number of likely N-dealkylation sites (N-methyl/N-ethyl adjacent to an activating group) is 1. The van der Waals surface area contributed by atoms with E-state index in [1.807, 2.05) is 0 Å². The molecule has 0 unspecified atom stereocenters. The molecule has 0 bridgehead atoms. The van der Waals surface area contributed by atoms with Gasteiger partial charge in [0, 0.05) is 13.2 Å². The van der Waals surface area contributed by atoms with Gasteiger partial charge in [-0.15, -0.1) is 0 Å². The molecule has 3 rings (SSSR count). The van der Waals surface area contributed by atoms with E-state index in [2.05, 4.69) is 10.1 Å². The van der Waals surface area contributed by atoms with Gasteiger partial charge in [-0.3, -0.25) is 4.79 Å². The molecule has 7 nitrogen and oxygen atoms in total. The number of pyridine rings is 1. The van der Waals surface area contributed by atoms with Gasteiger partial charge in [-0.2, -0.15) is 23.0 Å². The first-order chi connectivity index (χ1) is 14.7. The number of ether oxygens (including phenoxy) is 2. The summed E-state index contributed by atoms with van der Waals surface area (Å²) in [6.45, 7) is 0.706. The minimum absolute atomic E-state index is 0.0723. The van der Waals surface area contributed by atoms with E-state index in [1.54, 1.807) is 43.3 Å². The van der Waals surface area contributed by atoms with Gasteiger partial charge in [0.15, 0.2) is 5.82 Å². The second kappa shape index (κ2) is 9.25. The van der Waals surface area contributed by atoms with Crippen molar-refractivity contribution < 1.29 is 22.6 Å². The van der Waals surface area contributed by atoms with Gasteiger partial charge in [0.25, 0.3) is 5.56 Å². The molecule has 0 N–H and O–H groups in total. The number of hydrogen-bond donors (Lipinski definition) is 0. The highest BCUT2D eigenvalue weighted by Gasteiger charge is 2.30. The van der Waals surface area contributed by atoms with Crippen molar-refractivity contribution >= 4 is 17.3 Å². The van der Waals surface area contributed by atoms with E-state index in [4.69, 9.17) is 21.1 Å². The summed E-state index contributed by atoms with van der Waals surface area (Å²) in [5.74, 6) is 1.30. The Morgan fingerprint density at radius 3 is 2.35 bits per heavy atom. The molecule has 2 aromatic heterocycles. The average molecular weight is 455 g/mol. The van der Waals surface area contributed by atoms with Crippen molar-refractivity contribution in [3.05, 3.63) is 69.7 Å². The topological polar surface area (TPSA) is 69.5 Å². The Kier molecular flexibility index (Phi) is 6.69. The summed E-state index contributed by atoms with van der Waals surface area (Å²) in [4.78, 5) is 17.9. The van der Waals surface area contributed by atoms with Crippen LogP contribution in [0.2, 0.25) is 5.02 Å². The highest BCUT2D eigenvalue weighted by Crippen LogP contribution is 2.28. The molecule has 2 heterocycles. The number of rotatable bonds is 7. The van der Waals surface area contributed by atoms with Gasteiger partial charge in [-0.1, -0.05) is 11.6 Å². The smallest absolute Gasteiger partial charge is 0.417 e. The summed E-state index contributed by atoms with van der Waals surface area (Å²) in [6, 6.07) is 8.96. The number of benzene rings is 1. The highest BCUT2D eigenvalue weighted by molar-refractivity contribution is 6.33. The molecule has 31 heavy (non-hydrogen) atoms. The maximum Gasteiger partial charge on any atom is 0.417 e. The number of anilines is 1. The SMILES string of the molecule is COc1ccc(OCCN(C)c2cnn(-c3ccc(C(F)(F)F)cn3)c(=O)c2Cl)cc1. The Bertz CT molecular complexity index is 1090. The number of halogens is 4. The van der Waals surface area contributed by atoms with Crippen LogP contribution < -0.4 is 19.9 Å². The Hall–Kier alpha value is -3.27. The van der Waals surface area contributed by atoms with E-state index < -0.39 is 17.3 Å². The lowest BCUT2D eigenvalue weighted by atomic mass is 10.3. The second-order valence-corrected chi connectivity index (χ2v) is 6.79. The van der Waals surface area contributed by atoms with Crippen molar-refractivity contribution in [2.45, 2.75) is 6.18 Å². The fraction of sp³-hybridized carbons (Fsp3) is 0.250. The maximum atomic E-state index is 12.7. The summed E-state index contributed by atoms with van der Waals surface area (Å²) in [5.41, 5.74) is -1.27. The van der Waals surface area contributed by atoms with Crippen molar-refractivity contribution in [1.82, 2.24) is 14.8 Å². The minimum Gasteiger partial charge on any atom is -0.497 e. The fourth-order valence-electron chi connectivity index (χ4n) is 2.63. The van der Waals surface area contributed by atoms with Crippen LogP contribution in [0.25, 0.3) is 5.82 Å². The number of aromatic nitrogens is 3. The molecule has 0 radical (unpaired) electrons. The molecule has 0 spiro atoms. The standard InChI is InChI=1S/C20H18ClF3N4O3/c1-27(9-10-31-15-6-4-14(30-2)5-7-15)16-12-26-28(19(29)18(16)21)17-8-3-13(11-25-17)20(22,23)24/h3-8,11-12H,9-10H2,1-2H3. The van der Waals surface area contributed by atoms with Crippen molar-refractivity contribution in [3.8, 4) is 17.3 Å². The van der Waals surface area contributed by atoms with Crippen molar-refractivity contribution in [2.24, 2.45) is 0 Å².